The van der Waals surface area contributed by atoms with Crippen molar-refractivity contribution in [3.63, 3.8) is 0 Å². The lowest BCUT2D eigenvalue weighted by Crippen LogP contribution is -2.51. The molecule has 0 aliphatic carbocycles. The molecular formula is C21H26FN5O2. The highest BCUT2D eigenvalue weighted by Gasteiger charge is 2.18. The molecule has 7 nitrogen and oxygen atoms in total. The number of halogens is 1. The van der Waals surface area contributed by atoms with E-state index in [2.05, 4.69) is 15.2 Å². The van der Waals surface area contributed by atoms with Crippen LogP contribution in [0, 0.1) is 5.82 Å². The van der Waals surface area contributed by atoms with Gasteiger partial charge in [-0.15, -0.1) is 0 Å². The number of hydrogen-bond donors (Lipinski definition) is 3. The summed E-state index contributed by atoms with van der Waals surface area (Å²) >= 11 is 0. The minimum absolute atomic E-state index is 0.0644. The lowest BCUT2D eigenvalue weighted by Gasteiger charge is -2.36. The van der Waals surface area contributed by atoms with E-state index in [1.54, 1.807) is 24.3 Å². The highest BCUT2D eigenvalue weighted by Crippen LogP contribution is 2.16. The minimum Gasteiger partial charge on any atom is -0.508 e. The Morgan fingerprint density at radius 1 is 1.14 bits per heavy atom. The molecule has 29 heavy (non-hydrogen) atoms. The molecule has 1 amide bonds. The van der Waals surface area contributed by atoms with Crippen LogP contribution in [0.1, 0.15) is 16.8 Å². The number of piperazine rings is 1. The second kappa shape index (κ2) is 9.77. The fourth-order valence-electron chi connectivity index (χ4n) is 3.17. The van der Waals surface area contributed by atoms with Gasteiger partial charge in [-0.25, -0.2) is 4.39 Å². The number of nitrogens with zero attached hydrogens (tertiary/aromatic N) is 3. The first-order valence-corrected chi connectivity index (χ1v) is 9.65. The van der Waals surface area contributed by atoms with Crippen LogP contribution in [0.15, 0.2) is 53.5 Å². The molecule has 1 aliphatic heterocycles. The number of phenolic OH excluding ortho intramolecular Hbond substituents is 1. The number of amides is 1. The molecule has 3 rings (SSSR count). The summed E-state index contributed by atoms with van der Waals surface area (Å²) in [4.78, 5) is 20.6. The molecule has 1 fully saturated rings. The lowest BCUT2D eigenvalue weighted by molar-refractivity contribution is 0.0953. The van der Waals surface area contributed by atoms with Gasteiger partial charge in [0.2, 0.25) is 0 Å². The Balaban J connectivity index is 1.37. The number of guanidine groups is 1. The van der Waals surface area contributed by atoms with Gasteiger partial charge < -0.3 is 26.0 Å². The summed E-state index contributed by atoms with van der Waals surface area (Å²) in [5, 5.41) is 12.2. The van der Waals surface area contributed by atoms with Gasteiger partial charge in [0.25, 0.3) is 5.91 Å². The molecule has 0 aromatic heterocycles. The molecule has 8 heteroatoms. The van der Waals surface area contributed by atoms with Crippen LogP contribution >= 0.6 is 0 Å². The quantitative estimate of drug-likeness (QED) is 0.391. The summed E-state index contributed by atoms with van der Waals surface area (Å²) < 4.78 is 13.0. The van der Waals surface area contributed by atoms with Crippen LogP contribution < -0.4 is 16.0 Å². The Bertz CT molecular complexity index is 848. The summed E-state index contributed by atoms with van der Waals surface area (Å²) in [6.07, 6.45) is 0.667. The molecule has 1 heterocycles. The molecule has 0 atom stereocenters. The van der Waals surface area contributed by atoms with Crippen LogP contribution in [-0.2, 0) is 0 Å². The molecule has 1 saturated heterocycles. The van der Waals surface area contributed by atoms with Crippen molar-refractivity contribution < 1.29 is 14.3 Å². The molecule has 4 N–H and O–H groups in total. The predicted octanol–water partition coefficient (Wildman–Crippen LogP) is 1.79. The second-order valence-electron chi connectivity index (χ2n) is 6.85. The maximum absolute atomic E-state index is 13.0. The van der Waals surface area contributed by atoms with E-state index < -0.39 is 0 Å². The van der Waals surface area contributed by atoms with Crippen LogP contribution in [-0.4, -0.2) is 61.1 Å². The molecule has 0 radical (unpaired) electrons. The van der Waals surface area contributed by atoms with Crippen molar-refractivity contribution in [3.05, 3.63) is 59.9 Å². The number of benzene rings is 2. The van der Waals surface area contributed by atoms with E-state index in [-0.39, 0.29) is 17.5 Å². The van der Waals surface area contributed by atoms with Crippen LogP contribution in [0.5, 0.6) is 5.75 Å². The van der Waals surface area contributed by atoms with E-state index in [4.69, 9.17) is 5.73 Å². The lowest BCUT2D eigenvalue weighted by atomic mass is 10.2. The zero-order chi connectivity index (χ0) is 20.6. The highest BCUT2D eigenvalue weighted by atomic mass is 19.1. The molecule has 1 aliphatic rings. The van der Waals surface area contributed by atoms with E-state index in [1.165, 1.54) is 24.3 Å². The van der Waals surface area contributed by atoms with Crippen LogP contribution in [0.3, 0.4) is 0 Å². The Hall–Kier alpha value is -3.29. The zero-order valence-electron chi connectivity index (χ0n) is 16.2. The third-order valence-electron chi connectivity index (χ3n) is 4.80. The van der Waals surface area contributed by atoms with Crippen molar-refractivity contribution in [2.75, 3.05) is 44.2 Å². The average molecular weight is 399 g/mol. The van der Waals surface area contributed by atoms with Crippen LogP contribution in [0.25, 0.3) is 0 Å². The largest absolute Gasteiger partial charge is 0.508 e. The Kier molecular flexibility index (Phi) is 6.89. The fourth-order valence-corrected chi connectivity index (χ4v) is 3.17. The molecule has 0 bridgehead atoms. The molecule has 0 saturated carbocycles. The van der Waals surface area contributed by atoms with Crippen molar-refractivity contribution >= 4 is 17.6 Å². The smallest absolute Gasteiger partial charge is 0.251 e. The molecule has 2 aromatic carbocycles. The van der Waals surface area contributed by atoms with E-state index in [9.17, 15) is 14.3 Å². The van der Waals surface area contributed by atoms with E-state index in [0.29, 0.717) is 31.0 Å². The molecule has 0 spiro atoms. The highest BCUT2D eigenvalue weighted by molar-refractivity contribution is 5.94. The zero-order valence-corrected chi connectivity index (χ0v) is 16.2. The Labute approximate surface area is 169 Å². The topological polar surface area (TPSA) is 94.2 Å². The normalized spacial score (nSPS) is 14.7. The number of hydrogen-bond acceptors (Lipinski definition) is 4. The number of aromatic hydroxyl groups is 1. The fraction of sp³-hybridized carbons (Fsp3) is 0.333. The van der Waals surface area contributed by atoms with E-state index in [1.807, 2.05) is 4.90 Å². The number of anilines is 1. The van der Waals surface area contributed by atoms with Crippen molar-refractivity contribution in [1.82, 2.24) is 10.2 Å². The maximum Gasteiger partial charge on any atom is 0.251 e. The number of carbonyl (C=O) groups is 1. The number of nitrogens with two attached hydrogens (primary N) is 1. The number of nitrogens with one attached hydrogen (secondary N) is 1. The maximum atomic E-state index is 13.0. The number of phenols is 1. The van der Waals surface area contributed by atoms with Crippen molar-refractivity contribution in [1.29, 1.82) is 0 Å². The Morgan fingerprint density at radius 2 is 1.86 bits per heavy atom. The first-order valence-electron chi connectivity index (χ1n) is 9.65. The first-order chi connectivity index (χ1) is 14.0. The third kappa shape index (κ3) is 5.84. The van der Waals surface area contributed by atoms with Gasteiger partial charge in [0, 0.05) is 50.5 Å². The SMILES string of the molecule is NC(=NCCCNC(=O)c1cccc(O)c1)N1CCN(c2ccc(F)cc2)CC1. The van der Waals surface area contributed by atoms with Crippen molar-refractivity contribution in [3.8, 4) is 5.75 Å². The summed E-state index contributed by atoms with van der Waals surface area (Å²) in [5.41, 5.74) is 7.52. The second-order valence-corrected chi connectivity index (χ2v) is 6.85. The predicted molar refractivity (Wildman–Crippen MR) is 112 cm³/mol. The van der Waals surface area contributed by atoms with Gasteiger partial charge in [-0.3, -0.25) is 9.79 Å². The van der Waals surface area contributed by atoms with E-state index >= 15 is 0 Å². The average Bonchev–Trinajstić information content (AvgIpc) is 2.74. The summed E-state index contributed by atoms with van der Waals surface area (Å²) in [5.74, 6) is 0.106. The van der Waals surface area contributed by atoms with Crippen LogP contribution in [0.4, 0.5) is 10.1 Å². The molecule has 0 unspecified atom stereocenters. The molecular weight excluding hydrogens is 373 g/mol. The summed E-state index contributed by atoms with van der Waals surface area (Å²) in [6.45, 7) is 4.08. The minimum atomic E-state index is -0.234. The number of carbonyl (C=O) groups excluding carboxylic acids is 1. The summed E-state index contributed by atoms with van der Waals surface area (Å²) in [6, 6.07) is 12.7. The van der Waals surface area contributed by atoms with Gasteiger partial charge in [0.15, 0.2) is 5.96 Å². The number of rotatable bonds is 6. The van der Waals surface area contributed by atoms with Crippen molar-refractivity contribution in [2.45, 2.75) is 6.42 Å². The first kappa shape index (κ1) is 20.4. The van der Waals surface area contributed by atoms with Crippen LogP contribution in [0.2, 0.25) is 0 Å². The van der Waals surface area contributed by atoms with Gasteiger partial charge in [0.1, 0.15) is 11.6 Å². The van der Waals surface area contributed by atoms with Gasteiger partial charge in [-0.2, -0.15) is 0 Å². The standard InChI is InChI=1S/C21H26FN5O2/c22-17-5-7-18(8-6-17)26-11-13-27(14-12-26)21(23)25-10-2-9-24-20(29)16-3-1-4-19(28)15-16/h1,3-8,15,28H,2,9-14H2,(H2,23,25)(H,24,29). The van der Waals surface area contributed by atoms with Gasteiger partial charge in [0.05, 0.1) is 0 Å². The van der Waals surface area contributed by atoms with Gasteiger partial charge in [-0.1, -0.05) is 6.07 Å². The van der Waals surface area contributed by atoms with E-state index in [0.717, 1.165) is 31.9 Å². The Morgan fingerprint density at radius 3 is 2.55 bits per heavy atom. The van der Waals surface area contributed by atoms with Gasteiger partial charge in [-0.05, 0) is 48.9 Å². The number of aliphatic imine (C=N–C) groups is 1. The monoisotopic (exact) mass is 399 g/mol. The molecule has 154 valence electrons. The van der Waals surface area contributed by atoms with Gasteiger partial charge >= 0.3 is 0 Å². The van der Waals surface area contributed by atoms with Crippen molar-refractivity contribution in [2.24, 2.45) is 10.7 Å². The summed E-state index contributed by atoms with van der Waals surface area (Å²) in [7, 11) is 0. The molecule has 2 aromatic rings. The third-order valence-corrected chi connectivity index (χ3v) is 4.80.